The summed E-state index contributed by atoms with van der Waals surface area (Å²) in [5, 5.41) is 0. The van der Waals surface area contributed by atoms with Crippen LogP contribution in [0.5, 0.6) is 0 Å². The molecule has 0 atom stereocenters. The minimum absolute atomic E-state index is 0.565. The van der Waals surface area contributed by atoms with Gasteiger partial charge in [0.05, 0.1) is 0 Å². The third-order valence-electron chi connectivity index (χ3n) is 2.83. The predicted octanol–water partition coefficient (Wildman–Crippen LogP) is 4.76. The Kier molecular flexibility index (Phi) is 4.47. The van der Waals surface area contributed by atoms with Crippen molar-refractivity contribution in [3.05, 3.63) is 70.8 Å². The first-order valence-electron chi connectivity index (χ1n) is 5.60. The average molecular weight is 265 g/mol. The summed E-state index contributed by atoms with van der Waals surface area (Å²) in [5.41, 5.74) is 4.94. The minimum atomic E-state index is 0.565. The van der Waals surface area contributed by atoms with Crippen molar-refractivity contribution in [2.24, 2.45) is 0 Å². The van der Waals surface area contributed by atoms with Crippen LogP contribution < -0.4 is 0 Å². The molecule has 0 fully saturated rings. The van der Waals surface area contributed by atoms with Crippen LogP contribution in [0, 0.1) is 0 Å². The summed E-state index contributed by atoms with van der Waals surface area (Å²) in [7, 11) is 0. The van der Waals surface area contributed by atoms with Crippen LogP contribution in [-0.4, -0.2) is 0 Å². The third kappa shape index (κ3) is 3.24. The summed E-state index contributed by atoms with van der Waals surface area (Å²) >= 11 is 11.7. The highest BCUT2D eigenvalue weighted by Crippen LogP contribution is 2.17. The number of rotatable bonds is 4. The smallest absolute Gasteiger partial charge is 0.0476 e. The molecule has 0 amide bonds. The SMILES string of the molecule is ClCc1ccc(Cc2ccccc2CCl)cc1. The first-order chi connectivity index (χ1) is 8.33. The van der Waals surface area contributed by atoms with Gasteiger partial charge in [-0.3, -0.25) is 0 Å². The molecule has 0 nitrogen and oxygen atoms in total. The number of halogens is 2. The van der Waals surface area contributed by atoms with Crippen LogP contribution in [0.15, 0.2) is 48.5 Å². The Balaban J connectivity index is 2.19. The summed E-state index contributed by atoms with van der Waals surface area (Å²) in [4.78, 5) is 0. The second-order valence-electron chi connectivity index (χ2n) is 4.03. The van der Waals surface area contributed by atoms with E-state index in [0.717, 1.165) is 12.0 Å². The monoisotopic (exact) mass is 264 g/mol. The van der Waals surface area contributed by atoms with Gasteiger partial charge in [0, 0.05) is 11.8 Å². The molecule has 0 saturated carbocycles. The van der Waals surface area contributed by atoms with Gasteiger partial charge in [-0.1, -0.05) is 48.5 Å². The molecule has 0 heterocycles. The van der Waals surface area contributed by atoms with Crippen LogP contribution in [0.2, 0.25) is 0 Å². The Hall–Kier alpha value is -0.980. The molecule has 2 aromatic rings. The van der Waals surface area contributed by atoms with E-state index in [1.54, 1.807) is 0 Å². The second kappa shape index (κ2) is 6.09. The zero-order valence-electron chi connectivity index (χ0n) is 9.50. The van der Waals surface area contributed by atoms with E-state index in [2.05, 4.69) is 42.5 Å². The highest BCUT2D eigenvalue weighted by molar-refractivity contribution is 6.17. The van der Waals surface area contributed by atoms with Gasteiger partial charge in [0.2, 0.25) is 0 Å². The molecule has 0 radical (unpaired) electrons. The van der Waals surface area contributed by atoms with Crippen molar-refractivity contribution < 1.29 is 0 Å². The fourth-order valence-electron chi connectivity index (χ4n) is 1.83. The molecule has 0 aromatic heterocycles. The number of hydrogen-bond donors (Lipinski definition) is 0. The first-order valence-corrected chi connectivity index (χ1v) is 6.67. The fraction of sp³-hybridized carbons (Fsp3) is 0.200. The van der Waals surface area contributed by atoms with E-state index in [4.69, 9.17) is 23.2 Å². The summed E-state index contributed by atoms with van der Waals surface area (Å²) in [5.74, 6) is 1.13. The topological polar surface area (TPSA) is 0 Å². The van der Waals surface area contributed by atoms with Crippen LogP contribution in [0.25, 0.3) is 0 Å². The molecular weight excluding hydrogens is 251 g/mol. The van der Waals surface area contributed by atoms with Gasteiger partial charge in [0.15, 0.2) is 0 Å². The lowest BCUT2D eigenvalue weighted by atomic mass is 10.00. The normalized spacial score (nSPS) is 10.5. The maximum absolute atomic E-state index is 5.93. The Bertz CT molecular complexity index is 475. The van der Waals surface area contributed by atoms with Crippen LogP contribution in [-0.2, 0) is 18.2 Å². The van der Waals surface area contributed by atoms with Crippen LogP contribution in [0.1, 0.15) is 22.3 Å². The predicted molar refractivity (Wildman–Crippen MR) is 74.8 cm³/mol. The Morgan fingerprint density at radius 1 is 0.647 bits per heavy atom. The van der Waals surface area contributed by atoms with Gasteiger partial charge in [0.25, 0.3) is 0 Å². The Morgan fingerprint density at radius 2 is 1.24 bits per heavy atom. The lowest BCUT2D eigenvalue weighted by Crippen LogP contribution is -1.93. The number of benzene rings is 2. The van der Waals surface area contributed by atoms with Gasteiger partial charge < -0.3 is 0 Å². The van der Waals surface area contributed by atoms with Gasteiger partial charge in [-0.05, 0) is 28.7 Å². The van der Waals surface area contributed by atoms with E-state index >= 15 is 0 Å². The maximum Gasteiger partial charge on any atom is 0.0476 e. The Morgan fingerprint density at radius 3 is 1.82 bits per heavy atom. The molecule has 88 valence electrons. The molecule has 2 aromatic carbocycles. The molecule has 0 unspecified atom stereocenters. The van der Waals surface area contributed by atoms with E-state index in [0.29, 0.717) is 11.8 Å². The van der Waals surface area contributed by atoms with Crippen molar-refractivity contribution >= 4 is 23.2 Å². The van der Waals surface area contributed by atoms with E-state index in [-0.39, 0.29) is 0 Å². The zero-order valence-corrected chi connectivity index (χ0v) is 11.0. The molecule has 17 heavy (non-hydrogen) atoms. The van der Waals surface area contributed by atoms with Crippen LogP contribution in [0.3, 0.4) is 0 Å². The third-order valence-corrected chi connectivity index (χ3v) is 3.43. The van der Waals surface area contributed by atoms with Crippen molar-refractivity contribution in [3.63, 3.8) is 0 Å². The molecule has 0 aliphatic heterocycles. The highest BCUT2D eigenvalue weighted by atomic mass is 35.5. The van der Waals surface area contributed by atoms with Crippen molar-refractivity contribution in [3.8, 4) is 0 Å². The van der Waals surface area contributed by atoms with Crippen molar-refractivity contribution in [1.29, 1.82) is 0 Å². The van der Waals surface area contributed by atoms with E-state index in [1.807, 2.05) is 6.07 Å². The lowest BCUT2D eigenvalue weighted by molar-refractivity contribution is 1.14. The summed E-state index contributed by atoms with van der Waals surface area (Å²) in [6.07, 6.45) is 0.922. The largest absolute Gasteiger partial charge is 0.122 e. The standard InChI is InChI=1S/C15H14Cl2/c16-10-13-7-5-12(6-8-13)9-14-3-1-2-4-15(14)11-17/h1-8H,9-11H2. The van der Waals surface area contributed by atoms with E-state index < -0.39 is 0 Å². The van der Waals surface area contributed by atoms with Crippen molar-refractivity contribution in [2.75, 3.05) is 0 Å². The van der Waals surface area contributed by atoms with Gasteiger partial charge in [-0.2, -0.15) is 0 Å². The first kappa shape index (κ1) is 12.5. The molecular formula is C15H14Cl2. The lowest BCUT2D eigenvalue weighted by Gasteiger charge is -2.07. The van der Waals surface area contributed by atoms with Gasteiger partial charge in [-0.25, -0.2) is 0 Å². The van der Waals surface area contributed by atoms with Gasteiger partial charge in [-0.15, -0.1) is 23.2 Å². The molecule has 0 bridgehead atoms. The van der Waals surface area contributed by atoms with Crippen molar-refractivity contribution in [1.82, 2.24) is 0 Å². The van der Waals surface area contributed by atoms with Crippen LogP contribution >= 0.6 is 23.2 Å². The quantitative estimate of drug-likeness (QED) is 0.699. The highest BCUT2D eigenvalue weighted by Gasteiger charge is 2.02. The molecule has 0 aliphatic carbocycles. The molecule has 0 spiro atoms. The Labute approximate surface area is 112 Å². The van der Waals surface area contributed by atoms with Crippen LogP contribution in [0.4, 0.5) is 0 Å². The van der Waals surface area contributed by atoms with E-state index in [1.165, 1.54) is 16.7 Å². The van der Waals surface area contributed by atoms with Gasteiger partial charge in [0.1, 0.15) is 0 Å². The number of alkyl halides is 2. The van der Waals surface area contributed by atoms with Gasteiger partial charge >= 0.3 is 0 Å². The second-order valence-corrected chi connectivity index (χ2v) is 4.56. The summed E-state index contributed by atoms with van der Waals surface area (Å²) in [6.45, 7) is 0. The molecule has 0 saturated heterocycles. The fourth-order valence-corrected chi connectivity index (χ4v) is 2.27. The summed E-state index contributed by atoms with van der Waals surface area (Å²) < 4.78 is 0. The maximum atomic E-state index is 5.93. The molecule has 2 heteroatoms. The minimum Gasteiger partial charge on any atom is -0.122 e. The zero-order chi connectivity index (χ0) is 12.1. The molecule has 0 aliphatic rings. The van der Waals surface area contributed by atoms with Crippen molar-refractivity contribution in [2.45, 2.75) is 18.2 Å². The number of hydrogen-bond acceptors (Lipinski definition) is 0. The molecule has 0 N–H and O–H groups in total. The molecule has 2 rings (SSSR count). The summed E-state index contributed by atoms with van der Waals surface area (Å²) in [6, 6.07) is 16.7. The average Bonchev–Trinajstić information content (AvgIpc) is 2.40. The van der Waals surface area contributed by atoms with E-state index in [9.17, 15) is 0 Å².